The van der Waals surface area contributed by atoms with Crippen LogP contribution in [0, 0.1) is 12.8 Å². The van der Waals surface area contributed by atoms with Gasteiger partial charge in [-0.25, -0.2) is 0 Å². The second-order valence-corrected chi connectivity index (χ2v) is 3.66. The SMILES string of the molecule is Cc1cccc2c1C=CC(C)C=C2. The normalized spacial score (nSPS) is 19.7. The Morgan fingerprint density at radius 2 is 1.85 bits per heavy atom. The molecule has 1 unspecified atom stereocenters. The molecule has 0 aromatic heterocycles. The Bertz CT molecular complexity index is 370. The third-order valence-corrected chi connectivity index (χ3v) is 2.50. The van der Waals surface area contributed by atoms with Gasteiger partial charge in [0.15, 0.2) is 0 Å². The van der Waals surface area contributed by atoms with Gasteiger partial charge in [-0.2, -0.15) is 0 Å². The van der Waals surface area contributed by atoms with E-state index in [1.807, 2.05) is 0 Å². The predicted molar refractivity (Wildman–Crippen MR) is 58.4 cm³/mol. The zero-order valence-corrected chi connectivity index (χ0v) is 8.12. The van der Waals surface area contributed by atoms with Crippen molar-refractivity contribution < 1.29 is 0 Å². The van der Waals surface area contributed by atoms with Crippen LogP contribution >= 0.6 is 0 Å². The molecule has 1 aliphatic carbocycles. The summed E-state index contributed by atoms with van der Waals surface area (Å²) < 4.78 is 0. The van der Waals surface area contributed by atoms with E-state index in [-0.39, 0.29) is 0 Å². The maximum atomic E-state index is 2.25. The van der Waals surface area contributed by atoms with Crippen molar-refractivity contribution in [3.8, 4) is 0 Å². The molecular weight excluding hydrogens is 156 g/mol. The standard InChI is InChI=1S/C13H14/c1-10-6-8-12-5-3-4-11(2)13(12)9-7-10/h3-10H,1-2H3. The van der Waals surface area contributed by atoms with Crippen LogP contribution in [-0.2, 0) is 0 Å². The summed E-state index contributed by atoms with van der Waals surface area (Å²) in [5.41, 5.74) is 4.05. The third kappa shape index (κ3) is 1.57. The quantitative estimate of drug-likeness (QED) is 0.557. The molecule has 0 fully saturated rings. The van der Waals surface area contributed by atoms with Gasteiger partial charge in [-0.05, 0) is 29.5 Å². The highest BCUT2D eigenvalue weighted by molar-refractivity contribution is 5.69. The molecular formula is C13H14. The predicted octanol–water partition coefficient (Wildman–Crippen LogP) is 3.67. The van der Waals surface area contributed by atoms with Crippen LogP contribution in [-0.4, -0.2) is 0 Å². The van der Waals surface area contributed by atoms with Gasteiger partial charge < -0.3 is 0 Å². The van der Waals surface area contributed by atoms with E-state index in [0.29, 0.717) is 5.92 Å². The molecule has 1 aliphatic rings. The smallest absolute Gasteiger partial charge is 0.00752 e. The fourth-order valence-electron chi connectivity index (χ4n) is 1.64. The number of hydrogen-bond donors (Lipinski definition) is 0. The van der Waals surface area contributed by atoms with Crippen LogP contribution in [0.1, 0.15) is 23.6 Å². The minimum Gasteiger partial charge on any atom is -0.0773 e. The molecule has 13 heavy (non-hydrogen) atoms. The summed E-state index contributed by atoms with van der Waals surface area (Å²) in [6.45, 7) is 4.36. The molecule has 0 spiro atoms. The molecule has 0 heteroatoms. The highest BCUT2D eigenvalue weighted by Gasteiger charge is 2.03. The van der Waals surface area contributed by atoms with Gasteiger partial charge in [0.2, 0.25) is 0 Å². The first kappa shape index (κ1) is 8.31. The zero-order chi connectivity index (χ0) is 9.26. The minimum atomic E-state index is 0.548. The fraction of sp³-hybridized carbons (Fsp3) is 0.231. The van der Waals surface area contributed by atoms with Crippen LogP contribution in [0.4, 0.5) is 0 Å². The summed E-state index contributed by atoms with van der Waals surface area (Å²) in [5.74, 6) is 0.548. The fourth-order valence-corrected chi connectivity index (χ4v) is 1.64. The monoisotopic (exact) mass is 170 g/mol. The zero-order valence-electron chi connectivity index (χ0n) is 8.12. The van der Waals surface area contributed by atoms with Crippen LogP contribution in [0.2, 0.25) is 0 Å². The van der Waals surface area contributed by atoms with Gasteiger partial charge in [-0.15, -0.1) is 0 Å². The van der Waals surface area contributed by atoms with Crippen molar-refractivity contribution >= 4 is 12.2 Å². The first-order valence-corrected chi connectivity index (χ1v) is 4.73. The van der Waals surface area contributed by atoms with Gasteiger partial charge in [-0.3, -0.25) is 0 Å². The molecule has 0 heterocycles. The highest BCUT2D eigenvalue weighted by Crippen LogP contribution is 2.22. The Balaban J connectivity index is 2.59. The number of benzene rings is 1. The molecule has 0 nitrogen and oxygen atoms in total. The summed E-state index contributed by atoms with van der Waals surface area (Å²) in [6, 6.07) is 6.44. The molecule has 0 radical (unpaired) electrons. The molecule has 0 saturated carbocycles. The van der Waals surface area contributed by atoms with Gasteiger partial charge in [0, 0.05) is 0 Å². The van der Waals surface area contributed by atoms with Crippen LogP contribution in [0.3, 0.4) is 0 Å². The molecule has 1 atom stereocenters. The first-order chi connectivity index (χ1) is 6.27. The van der Waals surface area contributed by atoms with Crippen LogP contribution in [0.15, 0.2) is 30.4 Å². The van der Waals surface area contributed by atoms with Crippen LogP contribution in [0.25, 0.3) is 12.2 Å². The van der Waals surface area contributed by atoms with Gasteiger partial charge >= 0.3 is 0 Å². The second-order valence-electron chi connectivity index (χ2n) is 3.66. The van der Waals surface area contributed by atoms with Crippen molar-refractivity contribution in [3.05, 3.63) is 47.0 Å². The van der Waals surface area contributed by atoms with Gasteiger partial charge in [0.05, 0.1) is 0 Å². The van der Waals surface area contributed by atoms with Crippen molar-refractivity contribution in [2.45, 2.75) is 13.8 Å². The maximum Gasteiger partial charge on any atom is -0.00752 e. The van der Waals surface area contributed by atoms with E-state index >= 15 is 0 Å². The lowest BCUT2D eigenvalue weighted by atomic mass is 10.0. The number of allylic oxidation sites excluding steroid dienone is 2. The van der Waals surface area contributed by atoms with Crippen LogP contribution in [0.5, 0.6) is 0 Å². The molecule has 0 saturated heterocycles. The van der Waals surface area contributed by atoms with Crippen LogP contribution < -0.4 is 0 Å². The van der Waals surface area contributed by atoms with Crippen molar-refractivity contribution in [1.82, 2.24) is 0 Å². The lowest BCUT2D eigenvalue weighted by Crippen LogP contribution is -1.83. The molecule has 2 rings (SSSR count). The van der Waals surface area contributed by atoms with E-state index in [4.69, 9.17) is 0 Å². The second kappa shape index (κ2) is 3.21. The topological polar surface area (TPSA) is 0 Å². The molecule has 0 bridgehead atoms. The van der Waals surface area contributed by atoms with Crippen molar-refractivity contribution in [1.29, 1.82) is 0 Å². The molecule has 0 N–H and O–H groups in total. The molecule has 1 aromatic rings. The molecule has 0 aliphatic heterocycles. The number of fused-ring (bicyclic) bond motifs is 1. The Morgan fingerprint density at radius 1 is 1.08 bits per heavy atom. The number of rotatable bonds is 0. The Labute approximate surface area is 79.6 Å². The van der Waals surface area contributed by atoms with E-state index in [1.54, 1.807) is 0 Å². The highest BCUT2D eigenvalue weighted by atomic mass is 14.1. The van der Waals surface area contributed by atoms with Gasteiger partial charge in [-0.1, -0.05) is 49.4 Å². The van der Waals surface area contributed by atoms with Crippen molar-refractivity contribution in [2.75, 3.05) is 0 Å². The molecule has 0 amide bonds. The average molecular weight is 170 g/mol. The Hall–Kier alpha value is -1.30. The van der Waals surface area contributed by atoms with E-state index in [1.165, 1.54) is 16.7 Å². The van der Waals surface area contributed by atoms with E-state index in [9.17, 15) is 0 Å². The summed E-state index contributed by atoms with van der Waals surface area (Å²) in [5, 5.41) is 0. The van der Waals surface area contributed by atoms with Gasteiger partial charge in [0.1, 0.15) is 0 Å². The Morgan fingerprint density at radius 3 is 2.69 bits per heavy atom. The van der Waals surface area contributed by atoms with E-state index < -0.39 is 0 Å². The molecule has 66 valence electrons. The third-order valence-electron chi connectivity index (χ3n) is 2.50. The van der Waals surface area contributed by atoms with Crippen molar-refractivity contribution in [3.63, 3.8) is 0 Å². The summed E-state index contributed by atoms with van der Waals surface area (Å²) in [7, 11) is 0. The van der Waals surface area contributed by atoms with E-state index in [0.717, 1.165) is 0 Å². The van der Waals surface area contributed by atoms with Crippen molar-refractivity contribution in [2.24, 2.45) is 5.92 Å². The molecule has 1 aromatic carbocycles. The summed E-state index contributed by atoms with van der Waals surface area (Å²) in [6.07, 6.45) is 8.93. The number of hydrogen-bond acceptors (Lipinski definition) is 0. The Kier molecular flexibility index (Phi) is 2.05. The summed E-state index contributed by atoms with van der Waals surface area (Å²) >= 11 is 0. The largest absolute Gasteiger partial charge is 0.0773 e. The lowest BCUT2D eigenvalue weighted by Gasteiger charge is -2.03. The first-order valence-electron chi connectivity index (χ1n) is 4.73. The summed E-state index contributed by atoms with van der Waals surface area (Å²) in [4.78, 5) is 0. The maximum absolute atomic E-state index is 2.25. The van der Waals surface area contributed by atoms with E-state index in [2.05, 4.69) is 56.4 Å². The number of aryl methyl sites for hydroxylation is 1. The average Bonchev–Trinajstić information content (AvgIpc) is 2.30. The minimum absolute atomic E-state index is 0.548. The lowest BCUT2D eigenvalue weighted by molar-refractivity contribution is 0.954. The van der Waals surface area contributed by atoms with Gasteiger partial charge in [0.25, 0.3) is 0 Å².